The molecule has 0 radical (unpaired) electrons. The first kappa shape index (κ1) is 12.4. The van der Waals surface area contributed by atoms with Crippen LogP contribution in [-0.4, -0.2) is 35.0 Å². The molecule has 5 heteroatoms. The lowest BCUT2D eigenvalue weighted by atomic mass is 10.1. The summed E-state index contributed by atoms with van der Waals surface area (Å²) in [4.78, 5) is 10.6. The molecular weight excluding hydrogens is 238 g/mol. The van der Waals surface area contributed by atoms with Gasteiger partial charge in [0.15, 0.2) is 0 Å². The van der Waals surface area contributed by atoms with Crippen molar-refractivity contribution in [3.8, 4) is 5.88 Å². The molecule has 2 rings (SSSR count). The average molecular weight is 256 g/mol. The molecule has 0 bridgehead atoms. The Balaban J connectivity index is 2.18. The van der Waals surface area contributed by atoms with Gasteiger partial charge in [-0.15, -0.1) is 11.6 Å². The van der Waals surface area contributed by atoms with Crippen molar-refractivity contribution in [3.63, 3.8) is 0 Å². The molecule has 1 fully saturated rings. The molecule has 1 aliphatic rings. The van der Waals surface area contributed by atoms with Gasteiger partial charge in [-0.1, -0.05) is 6.92 Å². The summed E-state index contributed by atoms with van der Waals surface area (Å²) in [5.41, 5.74) is 0. The third-order valence-electron chi connectivity index (χ3n) is 3.25. The summed E-state index contributed by atoms with van der Waals surface area (Å²) >= 11 is 6.03. The second-order valence-corrected chi connectivity index (χ2v) is 4.64. The Hall–Kier alpha value is -1.03. The lowest BCUT2D eigenvalue weighted by Gasteiger charge is -2.26. The highest BCUT2D eigenvalue weighted by atomic mass is 35.5. The molecular formula is C12H18ClN3O. The lowest BCUT2D eigenvalue weighted by Crippen LogP contribution is -2.34. The molecule has 1 aromatic rings. The molecule has 94 valence electrons. The predicted octanol–water partition coefficient (Wildman–Crippen LogP) is 2.33. The molecule has 0 aromatic carbocycles. The minimum Gasteiger partial charge on any atom is -0.478 e. The van der Waals surface area contributed by atoms with Crippen LogP contribution in [0.2, 0.25) is 0 Å². The molecule has 17 heavy (non-hydrogen) atoms. The quantitative estimate of drug-likeness (QED) is 0.774. The maximum Gasteiger partial charge on any atom is 0.218 e. The molecule has 4 nitrogen and oxygen atoms in total. The number of nitrogens with zero attached hydrogens (tertiary/aromatic N) is 3. The van der Waals surface area contributed by atoms with Crippen LogP contribution in [0.1, 0.15) is 20.3 Å². The van der Waals surface area contributed by atoms with E-state index in [1.165, 1.54) is 0 Å². The normalized spacial score (nSPS) is 24.1. The highest BCUT2D eigenvalue weighted by molar-refractivity contribution is 6.18. The smallest absolute Gasteiger partial charge is 0.218 e. The second kappa shape index (κ2) is 5.54. The number of aromatic nitrogens is 2. The lowest BCUT2D eigenvalue weighted by molar-refractivity contribution is 0.326. The van der Waals surface area contributed by atoms with Gasteiger partial charge >= 0.3 is 0 Å². The van der Waals surface area contributed by atoms with E-state index >= 15 is 0 Å². The third kappa shape index (κ3) is 2.63. The number of hydrogen-bond donors (Lipinski definition) is 0. The van der Waals surface area contributed by atoms with Gasteiger partial charge in [0.2, 0.25) is 5.88 Å². The second-order valence-electron chi connectivity index (χ2n) is 4.33. The zero-order chi connectivity index (χ0) is 12.3. The van der Waals surface area contributed by atoms with Crippen LogP contribution in [-0.2, 0) is 0 Å². The fourth-order valence-corrected chi connectivity index (χ4v) is 2.71. The van der Waals surface area contributed by atoms with E-state index < -0.39 is 0 Å². The van der Waals surface area contributed by atoms with E-state index in [1.807, 2.05) is 13.0 Å². The van der Waals surface area contributed by atoms with Gasteiger partial charge in [0.1, 0.15) is 12.1 Å². The Morgan fingerprint density at radius 1 is 1.53 bits per heavy atom. The molecule has 0 aliphatic carbocycles. The van der Waals surface area contributed by atoms with E-state index in [4.69, 9.17) is 16.3 Å². The van der Waals surface area contributed by atoms with Crippen LogP contribution in [0.3, 0.4) is 0 Å². The minimum absolute atomic E-state index is 0.362. The number of hydrogen-bond acceptors (Lipinski definition) is 4. The molecule has 2 unspecified atom stereocenters. The maximum atomic E-state index is 6.03. The van der Waals surface area contributed by atoms with Gasteiger partial charge in [-0.25, -0.2) is 9.97 Å². The summed E-state index contributed by atoms with van der Waals surface area (Å²) in [5, 5.41) is 0. The number of anilines is 1. The zero-order valence-electron chi connectivity index (χ0n) is 10.3. The van der Waals surface area contributed by atoms with Crippen molar-refractivity contribution in [2.45, 2.75) is 26.3 Å². The summed E-state index contributed by atoms with van der Waals surface area (Å²) in [6.07, 6.45) is 2.71. The largest absolute Gasteiger partial charge is 0.478 e. The van der Waals surface area contributed by atoms with Crippen molar-refractivity contribution in [1.29, 1.82) is 0 Å². The van der Waals surface area contributed by atoms with Gasteiger partial charge in [-0.2, -0.15) is 0 Å². The highest BCUT2D eigenvalue weighted by Gasteiger charge is 2.31. The SMILES string of the molecule is CCOc1cc(N2CCC(C)C2CCl)ncn1. The van der Waals surface area contributed by atoms with Crippen LogP contribution >= 0.6 is 11.6 Å². The minimum atomic E-state index is 0.362. The fraction of sp³-hybridized carbons (Fsp3) is 0.667. The Morgan fingerprint density at radius 3 is 3.06 bits per heavy atom. The summed E-state index contributed by atoms with van der Waals surface area (Å²) in [6, 6.07) is 2.25. The number of halogens is 1. The van der Waals surface area contributed by atoms with Crippen molar-refractivity contribution < 1.29 is 4.74 Å². The van der Waals surface area contributed by atoms with Crippen LogP contribution < -0.4 is 9.64 Å². The summed E-state index contributed by atoms with van der Waals surface area (Å²) in [6.45, 7) is 5.80. The van der Waals surface area contributed by atoms with Gasteiger partial charge < -0.3 is 9.64 Å². The first-order chi connectivity index (χ1) is 8.26. The van der Waals surface area contributed by atoms with Crippen LogP contribution in [0.5, 0.6) is 5.88 Å². The fourth-order valence-electron chi connectivity index (χ4n) is 2.24. The van der Waals surface area contributed by atoms with Crippen molar-refractivity contribution in [2.24, 2.45) is 5.92 Å². The molecule has 1 aliphatic heterocycles. The van der Waals surface area contributed by atoms with Gasteiger partial charge in [-0.3, -0.25) is 0 Å². The summed E-state index contributed by atoms with van der Waals surface area (Å²) in [5.74, 6) is 2.79. The Labute approximate surface area is 107 Å². The molecule has 0 saturated carbocycles. The first-order valence-electron chi connectivity index (χ1n) is 6.03. The molecule has 0 N–H and O–H groups in total. The number of alkyl halides is 1. The first-order valence-corrected chi connectivity index (χ1v) is 6.57. The molecule has 1 aromatic heterocycles. The van der Waals surface area contributed by atoms with Gasteiger partial charge in [0.25, 0.3) is 0 Å². The van der Waals surface area contributed by atoms with Crippen LogP contribution in [0.4, 0.5) is 5.82 Å². The van der Waals surface area contributed by atoms with Crippen molar-refractivity contribution >= 4 is 17.4 Å². The molecule has 0 amide bonds. The monoisotopic (exact) mass is 255 g/mol. The van der Waals surface area contributed by atoms with E-state index in [0.29, 0.717) is 30.3 Å². The zero-order valence-corrected chi connectivity index (χ0v) is 11.0. The standard InChI is InChI=1S/C12H18ClN3O/c1-3-17-12-6-11(14-8-15-12)16-5-4-9(2)10(16)7-13/h6,8-10H,3-5,7H2,1-2H3. The molecule has 0 spiro atoms. The van der Waals surface area contributed by atoms with E-state index in [-0.39, 0.29) is 0 Å². The van der Waals surface area contributed by atoms with Crippen LogP contribution in [0.25, 0.3) is 0 Å². The topological polar surface area (TPSA) is 38.2 Å². The third-order valence-corrected chi connectivity index (χ3v) is 3.57. The van der Waals surface area contributed by atoms with E-state index in [0.717, 1.165) is 18.8 Å². The van der Waals surface area contributed by atoms with E-state index in [2.05, 4.69) is 21.8 Å². The van der Waals surface area contributed by atoms with E-state index in [1.54, 1.807) is 6.33 Å². The van der Waals surface area contributed by atoms with Gasteiger partial charge in [0.05, 0.1) is 6.61 Å². The number of rotatable bonds is 4. The van der Waals surface area contributed by atoms with Crippen molar-refractivity contribution in [2.75, 3.05) is 23.9 Å². The average Bonchev–Trinajstić information content (AvgIpc) is 2.71. The van der Waals surface area contributed by atoms with Gasteiger partial charge in [0, 0.05) is 24.5 Å². The number of ether oxygens (including phenoxy) is 1. The van der Waals surface area contributed by atoms with E-state index in [9.17, 15) is 0 Å². The maximum absolute atomic E-state index is 6.03. The Kier molecular flexibility index (Phi) is 4.05. The molecule has 1 saturated heterocycles. The van der Waals surface area contributed by atoms with Crippen molar-refractivity contribution in [1.82, 2.24) is 9.97 Å². The Bertz CT molecular complexity index is 375. The predicted molar refractivity (Wildman–Crippen MR) is 68.8 cm³/mol. The van der Waals surface area contributed by atoms with Crippen molar-refractivity contribution in [3.05, 3.63) is 12.4 Å². The molecule has 2 heterocycles. The Morgan fingerprint density at radius 2 is 2.35 bits per heavy atom. The van der Waals surface area contributed by atoms with Crippen LogP contribution in [0.15, 0.2) is 12.4 Å². The van der Waals surface area contributed by atoms with Crippen LogP contribution in [0, 0.1) is 5.92 Å². The molecule has 2 atom stereocenters. The van der Waals surface area contributed by atoms with Gasteiger partial charge in [-0.05, 0) is 19.3 Å². The summed E-state index contributed by atoms with van der Waals surface area (Å²) < 4.78 is 5.39. The summed E-state index contributed by atoms with van der Waals surface area (Å²) in [7, 11) is 0. The highest BCUT2D eigenvalue weighted by Crippen LogP contribution is 2.29.